The third kappa shape index (κ3) is 3.90. The van der Waals surface area contributed by atoms with Crippen LogP contribution in [0.4, 0.5) is 8.78 Å². The predicted molar refractivity (Wildman–Crippen MR) is 103 cm³/mol. The van der Waals surface area contributed by atoms with Crippen LogP contribution in [-0.2, 0) is 4.74 Å². The van der Waals surface area contributed by atoms with Crippen molar-refractivity contribution in [2.45, 2.75) is 12.1 Å². The first-order valence-electron chi connectivity index (χ1n) is 9.24. The van der Waals surface area contributed by atoms with Crippen molar-refractivity contribution in [1.82, 2.24) is 4.90 Å². The Morgan fingerprint density at radius 3 is 2.40 bits per heavy atom. The Labute approximate surface area is 172 Å². The number of aliphatic hydroxyl groups is 1. The Balaban J connectivity index is 2.09. The molecular formula is C21H23F2NO6. The molecule has 1 aliphatic heterocycles. The molecule has 0 saturated carbocycles. The Morgan fingerprint density at radius 2 is 1.77 bits per heavy atom. The highest BCUT2D eigenvalue weighted by Gasteiger charge is 2.39. The smallest absolute Gasteiger partial charge is 0.261 e. The molecule has 162 valence electrons. The number of hydrogen-bond acceptors (Lipinski definition) is 6. The first-order valence-corrected chi connectivity index (χ1v) is 9.24. The van der Waals surface area contributed by atoms with E-state index in [0.29, 0.717) is 17.1 Å². The SMILES string of the molecule is COc1ccc([C@@H]2[C@@H](CO)OCCN2C(=O)c2c(OC)ccc(F)c2F)cc1OC. The van der Waals surface area contributed by atoms with Gasteiger partial charge >= 0.3 is 0 Å². The third-order valence-electron chi connectivity index (χ3n) is 5.03. The van der Waals surface area contributed by atoms with E-state index >= 15 is 0 Å². The predicted octanol–water partition coefficient (Wildman–Crippen LogP) is 2.57. The minimum absolute atomic E-state index is 0.0861. The standard InChI is InChI=1S/C21H23F2NO6/c1-27-14-6-4-12(10-16(14)29-3)20-17(11-25)30-9-8-24(20)21(26)18-15(28-2)7-5-13(22)19(18)23/h4-7,10,17,20,25H,8-9,11H2,1-3H3/t17-,20-/m1/s1. The number of rotatable bonds is 6. The monoisotopic (exact) mass is 423 g/mol. The zero-order valence-corrected chi connectivity index (χ0v) is 16.9. The van der Waals surface area contributed by atoms with Crippen molar-refractivity contribution in [1.29, 1.82) is 0 Å². The molecule has 30 heavy (non-hydrogen) atoms. The number of carbonyl (C=O) groups is 1. The number of nitrogens with zero attached hydrogens (tertiary/aromatic N) is 1. The molecule has 0 spiro atoms. The first kappa shape index (κ1) is 21.8. The van der Waals surface area contributed by atoms with Gasteiger partial charge in [-0.2, -0.15) is 0 Å². The Morgan fingerprint density at radius 1 is 1.10 bits per heavy atom. The van der Waals surface area contributed by atoms with Crippen LogP contribution in [0.1, 0.15) is 22.0 Å². The number of carbonyl (C=O) groups excluding carboxylic acids is 1. The molecule has 7 nitrogen and oxygen atoms in total. The third-order valence-corrected chi connectivity index (χ3v) is 5.03. The van der Waals surface area contributed by atoms with Gasteiger partial charge in [0.2, 0.25) is 0 Å². The molecule has 1 fully saturated rings. The molecule has 1 heterocycles. The number of halogens is 2. The molecule has 1 aliphatic rings. The number of methoxy groups -OCH3 is 3. The maximum absolute atomic E-state index is 14.6. The molecule has 0 aromatic heterocycles. The van der Waals surface area contributed by atoms with Gasteiger partial charge in [0.1, 0.15) is 17.4 Å². The van der Waals surface area contributed by atoms with Crippen LogP contribution >= 0.6 is 0 Å². The molecule has 0 aliphatic carbocycles. The molecule has 1 saturated heterocycles. The summed E-state index contributed by atoms with van der Waals surface area (Å²) in [6.45, 7) is -0.154. The fourth-order valence-corrected chi connectivity index (χ4v) is 3.59. The maximum atomic E-state index is 14.6. The Bertz CT molecular complexity index is 923. The van der Waals surface area contributed by atoms with Crippen LogP contribution in [0.5, 0.6) is 17.2 Å². The molecule has 0 radical (unpaired) electrons. The number of aliphatic hydroxyl groups excluding tert-OH is 1. The van der Waals surface area contributed by atoms with Crippen LogP contribution in [0, 0.1) is 11.6 Å². The topological polar surface area (TPSA) is 77.5 Å². The molecule has 0 unspecified atom stereocenters. The number of ether oxygens (including phenoxy) is 4. The van der Waals surface area contributed by atoms with Gasteiger partial charge in [-0.3, -0.25) is 4.79 Å². The molecule has 1 amide bonds. The lowest BCUT2D eigenvalue weighted by molar-refractivity contribution is -0.0813. The van der Waals surface area contributed by atoms with E-state index < -0.39 is 35.3 Å². The fourth-order valence-electron chi connectivity index (χ4n) is 3.59. The van der Waals surface area contributed by atoms with Crippen LogP contribution < -0.4 is 14.2 Å². The summed E-state index contributed by atoms with van der Waals surface area (Å²) in [5, 5.41) is 9.84. The van der Waals surface area contributed by atoms with Crippen molar-refractivity contribution in [2.24, 2.45) is 0 Å². The van der Waals surface area contributed by atoms with Crippen molar-refractivity contribution < 1.29 is 37.6 Å². The van der Waals surface area contributed by atoms with Crippen molar-refractivity contribution in [2.75, 3.05) is 41.1 Å². The number of benzene rings is 2. The van der Waals surface area contributed by atoms with Crippen LogP contribution in [0.2, 0.25) is 0 Å². The highest BCUT2D eigenvalue weighted by Crippen LogP contribution is 2.37. The van der Waals surface area contributed by atoms with Crippen molar-refractivity contribution in [3.05, 3.63) is 53.1 Å². The number of morpholine rings is 1. The van der Waals surface area contributed by atoms with Gasteiger partial charge < -0.3 is 29.0 Å². The lowest BCUT2D eigenvalue weighted by Crippen LogP contribution is -2.49. The largest absolute Gasteiger partial charge is 0.496 e. The summed E-state index contributed by atoms with van der Waals surface area (Å²) in [7, 11) is 4.23. The van der Waals surface area contributed by atoms with E-state index in [1.54, 1.807) is 18.2 Å². The summed E-state index contributed by atoms with van der Waals surface area (Å²) in [5.41, 5.74) is 0.0668. The minimum Gasteiger partial charge on any atom is -0.496 e. The molecule has 2 atom stereocenters. The summed E-state index contributed by atoms with van der Waals surface area (Å²) in [6.07, 6.45) is -0.775. The van der Waals surface area contributed by atoms with Crippen molar-refractivity contribution in [3.63, 3.8) is 0 Å². The van der Waals surface area contributed by atoms with E-state index in [4.69, 9.17) is 18.9 Å². The Kier molecular flexibility index (Phi) is 6.73. The van der Waals surface area contributed by atoms with Gasteiger partial charge in [0, 0.05) is 6.54 Å². The Hall–Kier alpha value is -2.91. The molecule has 1 N–H and O–H groups in total. The second-order valence-corrected chi connectivity index (χ2v) is 6.59. The van der Waals surface area contributed by atoms with Crippen molar-refractivity contribution in [3.8, 4) is 17.2 Å². The number of amides is 1. The summed E-state index contributed by atoms with van der Waals surface area (Å²) >= 11 is 0. The van der Waals surface area contributed by atoms with Crippen LogP contribution in [0.25, 0.3) is 0 Å². The van der Waals surface area contributed by atoms with Gasteiger partial charge in [0.15, 0.2) is 23.1 Å². The molecule has 0 bridgehead atoms. The van der Waals surface area contributed by atoms with Gasteiger partial charge in [-0.25, -0.2) is 8.78 Å². The van der Waals surface area contributed by atoms with Gasteiger partial charge in [-0.1, -0.05) is 6.07 Å². The summed E-state index contributed by atoms with van der Waals surface area (Å²) in [5.74, 6) is -2.41. The van der Waals surface area contributed by atoms with Crippen LogP contribution in [0.15, 0.2) is 30.3 Å². The zero-order chi connectivity index (χ0) is 21.8. The summed E-state index contributed by atoms with van der Waals surface area (Å²) < 4.78 is 49.7. The lowest BCUT2D eigenvalue weighted by atomic mass is 9.96. The van der Waals surface area contributed by atoms with Gasteiger partial charge in [0.05, 0.1) is 40.6 Å². The highest BCUT2D eigenvalue weighted by atomic mass is 19.2. The van der Waals surface area contributed by atoms with Crippen molar-refractivity contribution >= 4 is 5.91 Å². The van der Waals surface area contributed by atoms with Gasteiger partial charge in [0.25, 0.3) is 5.91 Å². The minimum atomic E-state index is -1.29. The zero-order valence-electron chi connectivity index (χ0n) is 16.9. The molecule has 2 aromatic rings. The average Bonchev–Trinajstić information content (AvgIpc) is 2.79. The average molecular weight is 423 g/mol. The quantitative estimate of drug-likeness (QED) is 0.770. The molecule has 3 rings (SSSR count). The van der Waals surface area contributed by atoms with E-state index in [9.17, 15) is 18.7 Å². The van der Waals surface area contributed by atoms with E-state index in [2.05, 4.69) is 0 Å². The molecule has 9 heteroatoms. The highest BCUT2D eigenvalue weighted by molar-refractivity contribution is 5.97. The van der Waals surface area contributed by atoms with Gasteiger partial charge in [-0.05, 0) is 29.8 Å². The van der Waals surface area contributed by atoms with E-state index in [1.807, 2.05) is 0 Å². The molecule has 2 aromatic carbocycles. The number of hydrogen-bond donors (Lipinski definition) is 1. The second-order valence-electron chi connectivity index (χ2n) is 6.59. The van der Waals surface area contributed by atoms with Crippen LogP contribution in [0.3, 0.4) is 0 Å². The van der Waals surface area contributed by atoms with E-state index in [-0.39, 0.29) is 25.5 Å². The normalized spacial score (nSPS) is 18.8. The second kappa shape index (κ2) is 9.27. The summed E-state index contributed by atoms with van der Waals surface area (Å²) in [6, 6.07) is 6.32. The van der Waals surface area contributed by atoms with E-state index in [1.165, 1.54) is 32.3 Å². The van der Waals surface area contributed by atoms with Crippen LogP contribution in [-0.4, -0.2) is 63.1 Å². The fraction of sp³-hybridized carbons (Fsp3) is 0.381. The van der Waals surface area contributed by atoms with Gasteiger partial charge in [-0.15, -0.1) is 0 Å². The lowest BCUT2D eigenvalue weighted by Gasteiger charge is -2.41. The summed E-state index contributed by atoms with van der Waals surface area (Å²) in [4.78, 5) is 14.7. The first-order chi connectivity index (χ1) is 14.5. The molecular weight excluding hydrogens is 400 g/mol. The maximum Gasteiger partial charge on any atom is 0.261 e. The van der Waals surface area contributed by atoms with E-state index in [0.717, 1.165) is 6.07 Å².